The number of nitrogens with one attached hydrogen (secondary N) is 1. The highest BCUT2D eigenvalue weighted by Crippen LogP contribution is 2.36. The van der Waals surface area contributed by atoms with E-state index in [1.165, 1.54) is 11.1 Å². The summed E-state index contributed by atoms with van der Waals surface area (Å²) < 4.78 is 0. The van der Waals surface area contributed by atoms with Gasteiger partial charge in [0.25, 0.3) is 0 Å². The Morgan fingerprint density at radius 3 is 1.75 bits per heavy atom. The molecule has 0 spiro atoms. The minimum atomic E-state index is -0.620. The van der Waals surface area contributed by atoms with Gasteiger partial charge in [-0.2, -0.15) is 0 Å². The summed E-state index contributed by atoms with van der Waals surface area (Å²) in [4.78, 5) is 27.5. The molecule has 4 nitrogen and oxygen atoms in total. The monoisotopic (exact) mass is 426 g/mol. The molecule has 0 unspecified atom stereocenters. The lowest BCUT2D eigenvalue weighted by Crippen LogP contribution is -2.53. The Bertz CT molecular complexity index is 987. The third-order valence-corrected chi connectivity index (χ3v) is 6.69. The number of hydrogen-bond acceptors (Lipinski definition) is 2. The largest absolute Gasteiger partial charge is 0.354 e. The Labute approximate surface area is 190 Å². The number of piperidine rings is 1. The third-order valence-electron chi connectivity index (χ3n) is 6.69. The van der Waals surface area contributed by atoms with Gasteiger partial charge in [-0.25, -0.2) is 0 Å². The number of hydrogen-bond donors (Lipinski definition) is 1. The van der Waals surface area contributed by atoms with Crippen LogP contribution in [-0.2, 0) is 15.0 Å². The first kappa shape index (κ1) is 21.8. The van der Waals surface area contributed by atoms with Crippen molar-refractivity contribution in [3.05, 3.63) is 108 Å². The molecule has 1 N–H and O–H groups in total. The predicted molar refractivity (Wildman–Crippen MR) is 127 cm³/mol. The fourth-order valence-electron chi connectivity index (χ4n) is 4.77. The molecule has 1 heterocycles. The Morgan fingerprint density at radius 1 is 0.812 bits per heavy atom. The summed E-state index contributed by atoms with van der Waals surface area (Å²) in [6.07, 6.45) is 1.26. The fraction of sp³-hybridized carbons (Fsp3) is 0.286. The molecule has 0 saturated carbocycles. The first-order valence-corrected chi connectivity index (χ1v) is 11.3. The van der Waals surface area contributed by atoms with Gasteiger partial charge in [-0.1, -0.05) is 91.0 Å². The van der Waals surface area contributed by atoms with Gasteiger partial charge in [0.1, 0.15) is 0 Å². The van der Waals surface area contributed by atoms with E-state index in [1.54, 1.807) is 6.92 Å². The van der Waals surface area contributed by atoms with Gasteiger partial charge in [-0.15, -0.1) is 0 Å². The van der Waals surface area contributed by atoms with E-state index in [1.807, 2.05) is 71.6 Å². The SMILES string of the molecule is CC(=O)N1CCC(C(=O)NCC(c2ccccc2)c2ccccc2)(c2ccccc2)CC1. The van der Waals surface area contributed by atoms with Gasteiger partial charge in [0, 0.05) is 32.5 Å². The summed E-state index contributed by atoms with van der Waals surface area (Å²) in [6, 6.07) is 30.6. The van der Waals surface area contributed by atoms with Crippen LogP contribution in [0.15, 0.2) is 91.0 Å². The van der Waals surface area contributed by atoms with Crippen LogP contribution in [0.4, 0.5) is 0 Å². The van der Waals surface area contributed by atoms with Crippen molar-refractivity contribution in [3.8, 4) is 0 Å². The van der Waals surface area contributed by atoms with Gasteiger partial charge in [-0.3, -0.25) is 9.59 Å². The van der Waals surface area contributed by atoms with E-state index >= 15 is 0 Å². The van der Waals surface area contributed by atoms with E-state index in [4.69, 9.17) is 0 Å². The third kappa shape index (κ3) is 4.59. The molecule has 0 atom stereocenters. The normalized spacial score (nSPS) is 15.4. The van der Waals surface area contributed by atoms with E-state index in [0.29, 0.717) is 32.5 Å². The first-order chi connectivity index (χ1) is 15.6. The lowest BCUT2D eigenvalue weighted by molar-refractivity contribution is -0.135. The zero-order chi connectivity index (χ0) is 22.4. The Hall–Kier alpha value is -3.40. The van der Waals surface area contributed by atoms with E-state index in [0.717, 1.165) is 5.56 Å². The molecule has 0 aliphatic carbocycles. The molecule has 1 saturated heterocycles. The molecule has 1 aliphatic rings. The van der Waals surface area contributed by atoms with Gasteiger partial charge < -0.3 is 10.2 Å². The van der Waals surface area contributed by atoms with Crippen LogP contribution < -0.4 is 5.32 Å². The van der Waals surface area contributed by atoms with E-state index < -0.39 is 5.41 Å². The smallest absolute Gasteiger partial charge is 0.230 e. The average molecular weight is 427 g/mol. The summed E-state index contributed by atoms with van der Waals surface area (Å²) in [6.45, 7) is 3.31. The Kier molecular flexibility index (Phi) is 6.69. The molecule has 0 radical (unpaired) electrons. The van der Waals surface area contributed by atoms with Gasteiger partial charge in [0.15, 0.2) is 0 Å². The fourth-order valence-corrected chi connectivity index (χ4v) is 4.77. The second-order valence-electron chi connectivity index (χ2n) is 8.54. The molecule has 4 rings (SSSR count). The maximum atomic E-state index is 13.7. The molecule has 0 aromatic heterocycles. The molecule has 32 heavy (non-hydrogen) atoms. The zero-order valence-electron chi connectivity index (χ0n) is 18.5. The van der Waals surface area contributed by atoms with Crippen molar-refractivity contribution in [2.45, 2.75) is 31.1 Å². The van der Waals surface area contributed by atoms with Gasteiger partial charge >= 0.3 is 0 Å². The number of carbonyl (C=O) groups excluding carboxylic acids is 2. The van der Waals surface area contributed by atoms with Crippen molar-refractivity contribution >= 4 is 11.8 Å². The molecular weight excluding hydrogens is 396 g/mol. The van der Waals surface area contributed by atoms with Crippen molar-refractivity contribution in [2.75, 3.05) is 19.6 Å². The number of likely N-dealkylation sites (tertiary alicyclic amines) is 1. The molecule has 3 aromatic carbocycles. The van der Waals surface area contributed by atoms with Crippen molar-refractivity contribution in [1.29, 1.82) is 0 Å². The van der Waals surface area contributed by atoms with E-state index in [-0.39, 0.29) is 17.7 Å². The summed E-state index contributed by atoms with van der Waals surface area (Å²) in [7, 11) is 0. The molecule has 1 aliphatic heterocycles. The van der Waals surface area contributed by atoms with Gasteiger partial charge in [0.05, 0.1) is 5.41 Å². The van der Waals surface area contributed by atoms with Crippen molar-refractivity contribution < 1.29 is 9.59 Å². The number of carbonyl (C=O) groups is 2. The summed E-state index contributed by atoms with van der Waals surface area (Å²) in [5.41, 5.74) is 2.76. The molecule has 2 amide bonds. The van der Waals surface area contributed by atoms with Crippen LogP contribution in [0, 0.1) is 0 Å². The first-order valence-electron chi connectivity index (χ1n) is 11.3. The topological polar surface area (TPSA) is 49.4 Å². The van der Waals surface area contributed by atoms with Crippen molar-refractivity contribution in [2.24, 2.45) is 0 Å². The maximum Gasteiger partial charge on any atom is 0.230 e. The predicted octanol–water partition coefficient (Wildman–Crippen LogP) is 4.52. The Morgan fingerprint density at radius 2 is 1.28 bits per heavy atom. The molecule has 1 fully saturated rings. The second kappa shape index (κ2) is 9.82. The van der Waals surface area contributed by atoms with E-state index in [2.05, 4.69) is 29.6 Å². The van der Waals surface area contributed by atoms with Gasteiger partial charge in [0.2, 0.25) is 11.8 Å². The van der Waals surface area contributed by atoms with Crippen LogP contribution >= 0.6 is 0 Å². The standard InChI is InChI=1S/C28H30N2O2/c1-22(31)30-19-17-28(18-20-30,25-15-9-4-10-16-25)27(32)29-21-26(23-11-5-2-6-12-23)24-13-7-3-8-14-24/h2-16,26H,17-21H2,1H3,(H,29,32). The quantitative estimate of drug-likeness (QED) is 0.630. The van der Waals surface area contributed by atoms with Crippen LogP contribution in [0.3, 0.4) is 0 Å². The molecule has 3 aromatic rings. The molecular formula is C28H30N2O2. The average Bonchev–Trinajstić information content (AvgIpc) is 2.86. The lowest BCUT2D eigenvalue weighted by atomic mass is 9.71. The zero-order valence-corrected chi connectivity index (χ0v) is 18.5. The van der Waals surface area contributed by atoms with Gasteiger partial charge in [-0.05, 0) is 29.5 Å². The van der Waals surface area contributed by atoms with Crippen LogP contribution in [0.2, 0.25) is 0 Å². The summed E-state index contributed by atoms with van der Waals surface area (Å²) >= 11 is 0. The minimum absolute atomic E-state index is 0.0452. The van der Waals surface area contributed by atoms with Crippen LogP contribution in [-0.4, -0.2) is 36.3 Å². The molecule has 0 bridgehead atoms. The summed E-state index contributed by atoms with van der Waals surface area (Å²) in [5, 5.41) is 3.29. The Balaban J connectivity index is 1.58. The van der Waals surface area contributed by atoms with Crippen LogP contribution in [0.1, 0.15) is 42.4 Å². The van der Waals surface area contributed by atoms with Crippen LogP contribution in [0.25, 0.3) is 0 Å². The molecule has 164 valence electrons. The van der Waals surface area contributed by atoms with E-state index in [9.17, 15) is 9.59 Å². The lowest BCUT2D eigenvalue weighted by Gasteiger charge is -2.41. The highest BCUT2D eigenvalue weighted by molar-refractivity contribution is 5.89. The maximum absolute atomic E-state index is 13.7. The number of rotatable bonds is 6. The summed E-state index contributed by atoms with van der Waals surface area (Å²) in [5.74, 6) is 0.190. The highest BCUT2D eigenvalue weighted by atomic mass is 16.2. The number of amides is 2. The highest BCUT2D eigenvalue weighted by Gasteiger charge is 2.43. The number of benzene rings is 3. The van der Waals surface area contributed by atoms with Crippen molar-refractivity contribution in [1.82, 2.24) is 10.2 Å². The minimum Gasteiger partial charge on any atom is -0.354 e. The second-order valence-corrected chi connectivity index (χ2v) is 8.54. The van der Waals surface area contributed by atoms with Crippen LogP contribution in [0.5, 0.6) is 0 Å². The number of nitrogens with zero attached hydrogens (tertiary/aromatic N) is 1. The van der Waals surface area contributed by atoms with Crippen molar-refractivity contribution in [3.63, 3.8) is 0 Å². The molecule has 4 heteroatoms.